The van der Waals surface area contributed by atoms with Crippen molar-refractivity contribution in [2.45, 2.75) is 0 Å². The molecule has 13 heavy (non-hydrogen) atoms. The van der Waals surface area contributed by atoms with Crippen LogP contribution in [0.4, 0.5) is 8.78 Å². The van der Waals surface area contributed by atoms with Gasteiger partial charge >= 0.3 is 0 Å². The van der Waals surface area contributed by atoms with E-state index in [0.717, 1.165) is 0 Å². The van der Waals surface area contributed by atoms with Crippen LogP contribution in [0.1, 0.15) is 5.56 Å². The van der Waals surface area contributed by atoms with Crippen molar-refractivity contribution in [2.75, 3.05) is 5.88 Å². The monoisotopic (exact) mass is 266 g/mol. The van der Waals surface area contributed by atoms with E-state index in [-0.39, 0.29) is 4.47 Å². The van der Waals surface area contributed by atoms with Gasteiger partial charge in [0.25, 0.3) is 0 Å². The fourth-order valence-corrected chi connectivity index (χ4v) is 1.17. The third kappa shape index (κ3) is 2.78. The molecule has 0 nitrogen and oxygen atoms in total. The minimum absolute atomic E-state index is 0.143. The molecule has 0 radical (unpaired) electrons. The zero-order valence-corrected chi connectivity index (χ0v) is 8.87. The Kier molecular flexibility index (Phi) is 3.88. The van der Waals surface area contributed by atoms with E-state index in [0.29, 0.717) is 11.4 Å². The number of benzene rings is 1. The van der Waals surface area contributed by atoms with Crippen LogP contribution < -0.4 is 0 Å². The van der Waals surface area contributed by atoms with Crippen molar-refractivity contribution in [3.8, 4) is 0 Å². The molecule has 0 heterocycles. The van der Waals surface area contributed by atoms with Crippen LogP contribution in [0, 0.1) is 11.6 Å². The van der Waals surface area contributed by atoms with Gasteiger partial charge in [0.2, 0.25) is 0 Å². The summed E-state index contributed by atoms with van der Waals surface area (Å²) in [6, 6.07) is 2.46. The van der Waals surface area contributed by atoms with Gasteiger partial charge in [-0.05, 0) is 33.6 Å². The van der Waals surface area contributed by atoms with Gasteiger partial charge in [-0.1, -0.05) is 12.2 Å². The highest BCUT2D eigenvalue weighted by molar-refractivity contribution is 9.10. The van der Waals surface area contributed by atoms with Crippen LogP contribution in [0.25, 0.3) is 6.08 Å². The second-order valence-corrected chi connectivity index (χ2v) is 3.46. The van der Waals surface area contributed by atoms with Crippen LogP contribution in [0.3, 0.4) is 0 Å². The minimum Gasteiger partial charge on any atom is -0.206 e. The summed E-state index contributed by atoms with van der Waals surface area (Å²) >= 11 is 8.16. The molecule has 0 aromatic heterocycles. The maximum atomic E-state index is 12.9. The Morgan fingerprint density at radius 3 is 2.31 bits per heavy atom. The second kappa shape index (κ2) is 4.72. The van der Waals surface area contributed by atoms with E-state index in [4.69, 9.17) is 11.6 Å². The first kappa shape index (κ1) is 10.7. The molecule has 0 unspecified atom stereocenters. The number of hydrogen-bond acceptors (Lipinski definition) is 0. The lowest BCUT2D eigenvalue weighted by Crippen LogP contribution is -1.85. The van der Waals surface area contributed by atoms with E-state index in [9.17, 15) is 8.78 Å². The van der Waals surface area contributed by atoms with Gasteiger partial charge in [-0.3, -0.25) is 0 Å². The third-order valence-electron chi connectivity index (χ3n) is 1.41. The maximum absolute atomic E-state index is 12.9. The molecule has 0 atom stereocenters. The molecule has 70 valence electrons. The molecule has 1 rings (SSSR count). The number of hydrogen-bond donors (Lipinski definition) is 0. The summed E-state index contributed by atoms with van der Waals surface area (Å²) in [4.78, 5) is 0. The zero-order chi connectivity index (χ0) is 9.84. The molecule has 1 aromatic carbocycles. The quantitative estimate of drug-likeness (QED) is 0.562. The Morgan fingerprint density at radius 2 is 1.85 bits per heavy atom. The van der Waals surface area contributed by atoms with Gasteiger partial charge in [-0.25, -0.2) is 8.78 Å². The second-order valence-electron chi connectivity index (χ2n) is 2.36. The zero-order valence-electron chi connectivity index (χ0n) is 6.53. The topological polar surface area (TPSA) is 0 Å². The standard InChI is InChI=1S/C9H6BrClF2/c10-9-7(12)4-6(2-1-3-11)5-8(9)13/h1-2,4-5H,3H2. The van der Waals surface area contributed by atoms with E-state index in [1.165, 1.54) is 12.1 Å². The first-order valence-corrected chi connectivity index (χ1v) is 4.85. The van der Waals surface area contributed by atoms with Crippen molar-refractivity contribution < 1.29 is 8.78 Å². The predicted molar refractivity (Wildman–Crippen MR) is 53.8 cm³/mol. The minimum atomic E-state index is -0.616. The Labute approximate surface area is 88.3 Å². The van der Waals surface area contributed by atoms with Crippen molar-refractivity contribution in [3.05, 3.63) is 39.9 Å². The van der Waals surface area contributed by atoms with Gasteiger partial charge in [0.15, 0.2) is 0 Å². The smallest absolute Gasteiger partial charge is 0.140 e. The van der Waals surface area contributed by atoms with Gasteiger partial charge in [0.05, 0.1) is 4.47 Å². The average Bonchev–Trinajstić information content (AvgIpc) is 2.10. The molecule has 0 amide bonds. The van der Waals surface area contributed by atoms with Crippen LogP contribution >= 0.6 is 27.5 Å². The molecule has 0 aliphatic heterocycles. The third-order valence-corrected chi connectivity index (χ3v) is 2.34. The van der Waals surface area contributed by atoms with Gasteiger partial charge in [0.1, 0.15) is 11.6 Å². The summed E-state index contributed by atoms with van der Waals surface area (Å²) < 4.78 is 25.7. The summed E-state index contributed by atoms with van der Waals surface area (Å²) in [5.74, 6) is -0.914. The maximum Gasteiger partial charge on any atom is 0.140 e. The summed E-state index contributed by atoms with van der Waals surface area (Å²) in [6.45, 7) is 0. The van der Waals surface area contributed by atoms with Gasteiger partial charge < -0.3 is 0 Å². The van der Waals surface area contributed by atoms with E-state index in [1.54, 1.807) is 12.2 Å². The largest absolute Gasteiger partial charge is 0.206 e. The number of alkyl halides is 1. The molecule has 0 aliphatic rings. The summed E-state index contributed by atoms with van der Waals surface area (Å²) in [6.07, 6.45) is 3.18. The van der Waals surface area contributed by atoms with Crippen LogP contribution in [0.5, 0.6) is 0 Å². The van der Waals surface area contributed by atoms with Crippen molar-refractivity contribution in [1.82, 2.24) is 0 Å². The molecule has 4 heteroatoms. The van der Waals surface area contributed by atoms with Crippen LogP contribution in [0.15, 0.2) is 22.7 Å². The van der Waals surface area contributed by atoms with Crippen molar-refractivity contribution in [1.29, 1.82) is 0 Å². The number of halogens is 4. The first-order chi connectivity index (χ1) is 6.15. The lowest BCUT2D eigenvalue weighted by atomic mass is 10.2. The highest BCUT2D eigenvalue weighted by Crippen LogP contribution is 2.21. The van der Waals surface area contributed by atoms with Crippen molar-refractivity contribution >= 4 is 33.6 Å². The predicted octanol–water partition coefficient (Wildman–Crippen LogP) is 3.98. The molecule has 0 spiro atoms. The molecule has 0 saturated carbocycles. The van der Waals surface area contributed by atoms with E-state index < -0.39 is 11.6 Å². The number of rotatable bonds is 2. The molecule has 0 bridgehead atoms. The van der Waals surface area contributed by atoms with Crippen molar-refractivity contribution in [3.63, 3.8) is 0 Å². The highest BCUT2D eigenvalue weighted by atomic mass is 79.9. The first-order valence-electron chi connectivity index (χ1n) is 3.52. The Balaban J connectivity index is 3.06. The van der Waals surface area contributed by atoms with Crippen LogP contribution in [-0.4, -0.2) is 5.88 Å². The van der Waals surface area contributed by atoms with Gasteiger partial charge in [-0.15, -0.1) is 11.6 Å². The molecule has 0 fully saturated rings. The molecule has 0 saturated heterocycles. The van der Waals surface area contributed by atoms with E-state index in [2.05, 4.69) is 15.9 Å². The van der Waals surface area contributed by atoms with Crippen LogP contribution in [0.2, 0.25) is 0 Å². The normalized spacial score (nSPS) is 11.1. The lowest BCUT2D eigenvalue weighted by Gasteiger charge is -1.98. The van der Waals surface area contributed by atoms with Crippen LogP contribution in [-0.2, 0) is 0 Å². The fourth-order valence-electron chi connectivity index (χ4n) is 0.852. The highest BCUT2D eigenvalue weighted by Gasteiger charge is 2.06. The Morgan fingerprint density at radius 1 is 1.31 bits per heavy atom. The van der Waals surface area contributed by atoms with Gasteiger partial charge in [0, 0.05) is 5.88 Å². The molecular formula is C9H6BrClF2. The molecule has 1 aromatic rings. The molecular weight excluding hydrogens is 261 g/mol. The summed E-state index contributed by atoms with van der Waals surface area (Å²) in [5, 5.41) is 0. The summed E-state index contributed by atoms with van der Waals surface area (Å²) in [5.41, 5.74) is 0.457. The SMILES string of the molecule is Fc1cc(C=CCCl)cc(F)c1Br. The number of allylic oxidation sites excluding steroid dienone is 1. The molecule has 0 aliphatic carbocycles. The van der Waals surface area contributed by atoms with Gasteiger partial charge in [-0.2, -0.15) is 0 Å². The van der Waals surface area contributed by atoms with E-state index >= 15 is 0 Å². The Hall–Kier alpha value is -0.410. The lowest BCUT2D eigenvalue weighted by molar-refractivity contribution is 0.571. The summed E-state index contributed by atoms with van der Waals surface area (Å²) in [7, 11) is 0. The molecule has 0 N–H and O–H groups in total. The Bertz CT molecular complexity index is 313. The van der Waals surface area contributed by atoms with Crippen molar-refractivity contribution in [2.24, 2.45) is 0 Å². The average molecular weight is 268 g/mol. The fraction of sp³-hybridized carbons (Fsp3) is 0.111. The van der Waals surface area contributed by atoms with E-state index in [1.807, 2.05) is 0 Å².